The topological polar surface area (TPSA) is 37.3 Å². The third-order valence-corrected chi connectivity index (χ3v) is 4.53. The van der Waals surface area contributed by atoms with E-state index in [0.717, 1.165) is 35.9 Å². The van der Waals surface area contributed by atoms with E-state index < -0.39 is 0 Å². The zero-order valence-electron chi connectivity index (χ0n) is 13.3. The van der Waals surface area contributed by atoms with Crippen LogP contribution in [0.3, 0.4) is 0 Å². The van der Waals surface area contributed by atoms with Crippen LogP contribution in [0.4, 0.5) is 0 Å². The molecule has 0 atom stereocenters. The van der Waals surface area contributed by atoms with E-state index in [1.54, 1.807) is 0 Å². The van der Waals surface area contributed by atoms with Gasteiger partial charge in [0.1, 0.15) is 0 Å². The Morgan fingerprint density at radius 1 is 1.18 bits per heavy atom. The monoisotopic (exact) mass is 299 g/mol. The van der Waals surface area contributed by atoms with Gasteiger partial charge in [-0.1, -0.05) is 18.2 Å². The van der Waals surface area contributed by atoms with Crippen molar-refractivity contribution in [1.29, 1.82) is 0 Å². The van der Waals surface area contributed by atoms with Crippen LogP contribution in [0.2, 0.25) is 0 Å². The molecule has 1 aromatic heterocycles. The number of fused-ring (bicyclic) bond motifs is 1. The van der Waals surface area contributed by atoms with Crippen molar-refractivity contribution in [2.45, 2.75) is 25.7 Å². The molecule has 118 valence electrons. The van der Waals surface area contributed by atoms with Crippen LogP contribution in [0, 0.1) is 0 Å². The van der Waals surface area contributed by atoms with Crippen LogP contribution >= 0.6 is 0 Å². The largest absolute Gasteiger partial charge is 0.352 e. The number of hydrogen-bond donors (Lipinski definition) is 1. The Morgan fingerprint density at radius 2 is 1.95 bits per heavy atom. The molecule has 1 aliphatic heterocycles. The van der Waals surface area contributed by atoms with Crippen LogP contribution in [0.5, 0.6) is 0 Å². The Hall–Kier alpha value is -1.81. The number of carbonyl (C=O) groups excluding carboxylic acids is 1. The summed E-state index contributed by atoms with van der Waals surface area (Å²) in [7, 11) is 1.98. The number of rotatable bonds is 6. The number of amides is 1. The number of likely N-dealkylation sites (tertiary alicyclic amines) is 1. The lowest BCUT2D eigenvalue weighted by Gasteiger charge is -2.13. The van der Waals surface area contributed by atoms with Crippen molar-refractivity contribution in [3.63, 3.8) is 0 Å². The van der Waals surface area contributed by atoms with E-state index in [4.69, 9.17) is 0 Å². The molecule has 1 aromatic carbocycles. The average Bonchev–Trinajstić information content (AvgIpc) is 3.15. The van der Waals surface area contributed by atoms with Crippen molar-refractivity contribution in [2.75, 3.05) is 26.2 Å². The molecule has 1 saturated heterocycles. The number of unbranched alkanes of at least 4 members (excludes halogenated alkanes) is 1. The zero-order valence-corrected chi connectivity index (χ0v) is 13.3. The van der Waals surface area contributed by atoms with E-state index in [9.17, 15) is 4.79 Å². The molecule has 1 amide bonds. The number of aromatic nitrogens is 1. The molecule has 4 heteroatoms. The van der Waals surface area contributed by atoms with Crippen LogP contribution in [0.25, 0.3) is 10.9 Å². The highest BCUT2D eigenvalue weighted by Gasteiger charge is 2.13. The molecule has 0 radical (unpaired) electrons. The number of benzene rings is 1. The lowest BCUT2D eigenvalue weighted by molar-refractivity contribution is 0.0954. The van der Waals surface area contributed by atoms with Crippen molar-refractivity contribution in [2.24, 2.45) is 7.05 Å². The van der Waals surface area contributed by atoms with Gasteiger partial charge in [0.25, 0.3) is 5.91 Å². The summed E-state index contributed by atoms with van der Waals surface area (Å²) < 4.78 is 2.01. The van der Waals surface area contributed by atoms with Gasteiger partial charge in [-0.25, -0.2) is 0 Å². The molecule has 0 aliphatic carbocycles. The smallest absolute Gasteiger partial charge is 0.253 e. The molecule has 2 aromatic rings. The van der Waals surface area contributed by atoms with Crippen LogP contribution in [-0.2, 0) is 7.05 Å². The minimum absolute atomic E-state index is 0.0398. The molecule has 2 heterocycles. The molecular weight excluding hydrogens is 274 g/mol. The maximum absolute atomic E-state index is 12.4. The lowest BCUT2D eigenvalue weighted by Crippen LogP contribution is -2.26. The number of nitrogens with one attached hydrogen (secondary N) is 1. The molecule has 0 saturated carbocycles. The normalized spacial score (nSPS) is 15.5. The minimum atomic E-state index is 0.0398. The third-order valence-electron chi connectivity index (χ3n) is 4.53. The molecule has 0 bridgehead atoms. The molecule has 1 aliphatic rings. The second-order valence-electron chi connectivity index (χ2n) is 6.18. The van der Waals surface area contributed by atoms with Crippen molar-refractivity contribution < 1.29 is 4.79 Å². The average molecular weight is 299 g/mol. The molecule has 0 spiro atoms. The van der Waals surface area contributed by atoms with E-state index >= 15 is 0 Å². The summed E-state index contributed by atoms with van der Waals surface area (Å²) in [4.78, 5) is 14.9. The van der Waals surface area contributed by atoms with E-state index in [-0.39, 0.29) is 5.91 Å². The van der Waals surface area contributed by atoms with Crippen molar-refractivity contribution in [1.82, 2.24) is 14.8 Å². The first-order valence-electron chi connectivity index (χ1n) is 8.30. The van der Waals surface area contributed by atoms with E-state index in [1.807, 2.05) is 42.1 Å². The highest BCUT2D eigenvalue weighted by molar-refractivity contribution is 6.06. The number of carbonyl (C=O) groups is 1. The highest BCUT2D eigenvalue weighted by atomic mass is 16.1. The fourth-order valence-corrected chi connectivity index (χ4v) is 3.29. The van der Waals surface area contributed by atoms with E-state index in [2.05, 4.69) is 10.2 Å². The number of para-hydroxylation sites is 1. The first-order valence-corrected chi connectivity index (χ1v) is 8.30. The Kier molecular flexibility index (Phi) is 4.78. The van der Waals surface area contributed by atoms with E-state index in [0.29, 0.717) is 0 Å². The number of nitrogens with zero attached hydrogens (tertiary/aromatic N) is 2. The quantitative estimate of drug-likeness (QED) is 0.833. The Balaban J connectivity index is 1.49. The first kappa shape index (κ1) is 15.1. The molecule has 1 fully saturated rings. The molecular formula is C18H25N3O. The SMILES string of the molecule is Cn1cc(C(=O)NCCCCN2CCCC2)c2ccccc21. The Morgan fingerprint density at radius 3 is 2.77 bits per heavy atom. The molecule has 3 rings (SSSR count). The third kappa shape index (κ3) is 3.33. The summed E-state index contributed by atoms with van der Waals surface area (Å²) in [6, 6.07) is 8.04. The van der Waals surface area contributed by atoms with Crippen LogP contribution in [-0.4, -0.2) is 41.6 Å². The summed E-state index contributed by atoms with van der Waals surface area (Å²) in [5.74, 6) is 0.0398. The van der Waals surface area contributed by atoms with Gasteiger partial charge in [0.2, 0.25) is 0 Å². The van der Waals surface area contributed by atoms with Gasteiger partial charge in [-0.05, 0) is 51.4 Å². The Labute approximate surface area is 132 Å². The van der Waals surface area contributed by atoms with Gasteiger partial charge in [-0.2, -0.15) is 0 Å². The fourth-order valence-electron chi connectivity index (χ4n) is 3.29. The van der Waals surface area contributed by atoms with Gasteiger partial charge in [0, 0.05) is 30.7 Å². The van der Waals surface area contributed by atoms with Crippen LogP contribution < -0.4 is 5.32 Å². The maximum Gasteiger partial charge on any atom is 0.253 e. The molecule has 1 N–H and O–H groups in total. The molecule has 4 nitrogen and oxygen atoms in total. The summed E-state index contributed by atoms with van der Waals surface area (Å²) >= 11 is 0. The van der Waals surface area contributed by atoms with Gasteiger partial charge in [0.05, 0.1) is 5.56 Å². The van der Waals surface area contributed by atoms with Gasteiger partial charge < -0.3 is 14.8 Å². The predicted octanol–water partition coefficient (Wildman–Crippen LogP) is 2.78. The van der Waals surface area contributed by atoms with Crippen LogP contribution in [0.1, 0.15) is 36.0 Å². The fraction of sp³-hybridized carbons (Fsp3) is 0.500. The molecule has 0 unspecified atom stereocenters. The first-order chi connectivity index (χ1) is 10.8. The van der Waals surface area contributed by atoms with E-state index in [1.165, 1.54) is 32.5 Å². The Bertz CT molecular complexity index is 641. The molecule has 22 heavy (non-hydrogen) atoms. The van der Waals surface area contributed by atoms with Gasteiger partial charge in [-0.15, -0.1) is 0 Å². The van der Waals surface area contributed by atoms with Gasteiger partial charge >= 0.3 is 0 Å². The second kappa shape index (κ2) is 6.97. The highest BCUT2D eigenvalue weighted by Crippen LogP contribution is 2.20. The summed E-state index contributed by atoms with van der Waals surface area (Å²) in [6.07, 6.45) is 6.82. The predicted molar refractivity (Wildman–Crippen MR) is 90.2 cm³/mol. The van der Waals surface area contributed by atoms with Crippen molar-refractivity contribution in [3.8, 4) is 0 Å². The zero-order chi connectivity index (χ0) is 15.4. The summed E-state index contributed by atoms with van der Waals surface area (Å²) in [5.41, 5.74) is 1.87. The van der Waals surface area contributed by atoms with Crippen molar-refractivity contribution in [3.05, 3.63) is 36.0 Å². The summed E-state index contributed by atoms with van der Waals surface area (Å²) in [6.45, 7) is 4.44. The van der Waals surface area contributed by atoms with Gasteiger partial charge in [-0.3, -0.25) is 4.79 Å². The van der Waals surface area contributed by atoms with Crippen LogP contribution in [0.15, 0.2) is 30.5 Å². The standard InChI is InChI=1S/C18H25N3O/c1-20-14-16(15-8-2-3-9-17(15)20)18(22)19-10-4-5-11-21-12-6-7-13-21/h2-3,8-9,14H,4-7,10-13H2,1H3,(H,19,22). The van der Waals surface area contributed by atoms with Gasteiger partial charge in [0.15, 0.2) is 0 Å². The number of hydrogen-bond acceptors (Lipinski definition) is 2. The number of aryl methyl sites for hydroxylation is 1. The minimum Gasteiger partial charge on any atom is -0.352 e. The second-order valence-corrected chi connectivity index (χ2v) is 6.18. The lowest BCUT2D eigenvalue weighted by atomic mass is 10.1. The maximum atomic E-state index is 12.4. The summed E-state index contributed by atoms with van der Waals surface area (Å²) in [5, 5.41) is 4.09. The van der Waals surface area contributed by atoms with Crippen molar-refractivity contribution >= 4 is 16.8 Å².